The average molecular weight is 443 g/mol. The number of halogens is 1. The Bertz CT molecular complexity index is 1220. The Kier molecular flexibility index (Phi) is 6.59. The Hall–Kier alpha value is -4.26. The predicted octanol–water partition coefficient (Wildman–Crippen LogP) is 4.86. The second kappa shape index (κ2) is 9.91. The Morgan fingerprint density at radius 1 is 0.909 bits per heavy atom. The van der Waals surface area contributed by atoms with E-state index in [-0.39, 0.29) is 11.8 Å². The van der Waals surface area contributed by atoms with Gasteiger partial charge in [-0.25, -0.2) is 4.39 Å². The van der Waals surface area contributed by atoms with Crippen LogP contribution in [0.4, 0.5) is 21.5 Å². The molecule has 1 aliphatic heterocycles. The van der Waals surface area contributed by atoms with Crippen LogP contribution < -0.4 is 15.5 Å². The van der Waals surface area contributed by atoms with E-state index in [4.69, 9.17) is 0 Å². The molecule has 1 heterocycles. The molecule has 0 unspecified atom stereocenters. The fourth-order valence-electron chi connectivity index (χ4n) is 3.55. The van der Waals surface area contributed by atoms with E-state index < -0.39 is 11.7 Å². The summed E-state index contributed by atoms with van der Waals surface area (Å²) in [5.74, 6) is -1.08. The highest BCUT2D eigenvalue weighted by atomic mass is 19.1. The summed E-state index contributed by atoms with van der Waals surface area (Å²) in [5.41, 5.74) is 2.81. The third-order valence-electron chi connectivity index (χ3n) is 5.18. The van der Waals surface area contributed by atoms with Gasteiger partial charge in [0.2, 0.25) is 11.8 Å². The van der Waals surface area contributed by atoms with Crippen molar-refractivity contribution in [3.63, 3.8) is 0 Å². The fraction of sp³-hybridized carbons (Fsp3) is 0.115. The Morgan fingerprint density at radius 2 is 1.64 bits per heavy atom. The number of hydrogen-bond acceptors (Lipinski definition) is 3. The number of nitrogens with one attached hydrogen (secondary N) is 2. The molecule has 1 fully saturated rings. The summed E-state index contributed by atoms with van der Waals surface area (Å²) in [6.45, 7) is 0.732. The Labute approximate surface area is 190 Å². The predicted molar refractivity (Wildman–Crippen MR) is 126 cm³/mol. The SMILES string of the molecule is O=C(C=Cc1ccc(N2CCCC2=O)cc1)Nc1cccc(C(=O)Nc2cccc(F)c2)c1. The molecule has 33 heavy (non-hydrogen) atoms. The van der Waals surface area contributed by atoms with Crippen LogP contribution in [0, 0.1) is 5.82 Å². The maximum Gasteiger partial charge on any atom is 0.255 e. The molecule has 0 aliphatic carbocycles. The summed E-state index contributed by atoms with van der Waals surface area (Å²) in [6.07, 6.45) is 4.52. The quantitative estimate of drug-likeness (QED) is 0.534. The van der Waals surface area contributed by atoms with E-state index in [1.807, 2.05) is 24.3 Å². The first-order valence-corrected chi connectivity index (χ1v) is 10.5. The molecule has 0 spiro atoms. The number of carbonyl (C=O) groups excluding carboxylic acids is 3. The van der Waals surface area contributed by atoms with Gasteiger partial charge in [0, 0.05) is 41.7 Å². The number of carbonyl (C=O) groups is 3. The van der Waals surface area contributed by atoms with Gasteiger partial charge in [0.25, 0.3) is 5.91 Å². The van der Waals surface area contributed by atoms with E-state index in [1.165, 1.54) is 24.3 Å². The van der Waals surface area contributed by atoms with Crippen LogP contribution in [0.3, 0.4) is 0 Å². The normalized spacial score (nSPS) is 13.4. The molecule has 166 valence electrons. The van der Waals surface area contributed by atoms with Crippen molar-refractivity contribution >= 4 is 40.9 Å². The Morgan fingerprint density at radius 3 is 2.33 bits per heavy atom. The molecule has 7 heteroatoms. The van der Waals surface area contributed by atoms with Crippen LogP contribution in [-0.2, 0) is 9.59 Å². The van der Waals surface area contributed by atoms with Gasteiger partial charge in [0.15, 0.2) is 0 Å². The largest absolute Gasteiger partial charge is 0.322 e. The molecule has 3 aromatic rings. The zero-order valence-electron chi connectivity index (χ0n) is 17.8. The molecule has 2 N–H and O–H groups in total. The fourth-order valence-corrected chi connectivity index (χ4v) is 3.55. The molecule has 4 rings (SSSR count). The van der Waals surface area contributed by atoms with Crippen LogP contribution in [0.2, 0.25) is 0 Å². The second-order valence-corrected chi connectivity index (χ2v) is 7.61. The monoisotopic (exact) mass is 443 g/mol. The van der Waals surface area contributed by atoms with E-state index in [0.717, 1.165) is 24.2 Å². The van der Waals surface area contributed by atoms with Crippen molar-refractivity contribution in [1.29, 1.82) is 0 Å². The molecule has 1 saturated heterocycles. The maximum absolute atomic E-state index is 13.3. The first-order chi connectivity index (χ1) is 16.0. The van der Waals surface area contributed by atoms with Gasteiger partial charge in [0.05, 0.1) is 0 Å². The Balaban J connectivity index is 1.36. The topological polar surface area (TPSA) is 78.5 Å². The van der Waals surface area contributed by atoms with Crippen molar-refractivity contribution < 1.29 is 18.8 Å². The van der Waals surface area contributed by atoms with Crippen LogP contribution in [-0.4, -0.2) is 24.3 Å². The van der Waals surface area contributed by atoms with Gasteiger partial charge in [-0.1, -0.05) is 24.3 Å². The number of benzene rings is 3. The lowest BCUT2D eigenvalue weighted by atomic mass is 10.1. The van der Waals surface area contributed by atoms with Crippen LogP contribution in [0.5, 0.6) is 0 Å². The average Bonchev–Trinajstić information content (AvgIpc) is 3.24. The van der Waals surface area contributed by atoms with Crippen molar-refractivity contribution in [1.82, 2.24) is 0 Å². The summed E-state index contributed by atoms with van der Waals surface area (Å²) in [7, 11) is 0. The van der Waals surface area contributed by atoms with Gasteiger partial charge < -0.3 is 15.5 Å². The summed E-state index contributed by atoms with van der Waals surface area (Å²) < 4.78 is 13.3. The maximum atomic E-state index is 13.3. The van der Waals surface area contributed by atoms with E-state index in [1.54, 1.807) is 41.3 Å². The highest BCUT2D eigenvalue weighted by Gasteiger charge is 2.21. The van der Waals surface area contributed by atoms with Crippen LogP contribution in [0.15, 0.2) is 78.9 Å². The molecular weight excluding hydrogens is 421 g/mol. The summed E-state index contributed by atoms with van der Waals surface area (Å²) in [6, 6.07) is 19.5. The first-order valence-electron chi connectivity index (χ1n) is 10.5. The van der Waals surface area contributed by atoms with Gasteiger partial charge >= 0.3 is 0 Å². The van der Waals surface area contributed by atoms with Gasteiger partial charge in [-0.15, -0.1) is 0 Å². The summed E-state index contributed by atoms with van der Waals surface area (Å²) >= 11 is 0. The van der Waals surface area contributed by atoms with E-state index in [2.05, 4.69) is 10.6 Å². The van der Waals surface area contributed by atoms with Crippen molar-refractivity contribution in [2.24, 2.45) is 0 Å². The third kappa shape index (κ3) is 5.71. The van der Waals surface area contributed by atoms with Crippen molar-refractivity contribution in [3.8, 4) is 0 Å². The lowest BCUT2D eigenvalue weighted by Gasteiger charge is -2.15. The highest BCUT2D eigenvalue weighted by Crippen LogP contribution is 2.22. The molecule has 0 bridgehead atoms. The van der Waals surface area contributed by atoms with Crippen molar-refractivity contribution in [2.75, 3.05) is 22.1 Å². The highest BCUT2D eigenvalue weighted by molar-refractivity contribution is 6.06. The van der Waals surface area contributed by atoms with Crippen LogP contribution >= 0.6 is 0 Å². The molecular formula is C26H22FN3O3. The minimum Gasteiger partial charge on any atom is -0.322 e. The van der Waals surface area contributed by atoms with Crippen molar-refractivity contribution in [2.45, 2.75) is 12.8 Å². The smallest absolute Gasteiger partial charge is 0.255 e. The lowest BCUT2D eigenvalue weighted by molar-refractivity contribution is -0.117. The first kappa shape index (κ1) is 22.0. The molecule has 3 amide bonds. The van der Waals surface area contributed by atoms with Gasteiger partial charge in [-0.05, 0) is 66.6 Å². The van der Waals surface area contributed by atoms with Gasteiger partial charge in [0.1, 0.15) is 5.82 Å². The summed E-state index contributed by atoms with van der Waals surface area (Å²) in [4.78, 5) is 38.4. The van der Waals surface area contributed by atoms with Crippen LogP contribution in [0.1, 0.15) is 28.8 Å². The van der Waals surface area contributed by atoms with Crippen molar-refractivity contribution in [3.05, 3.63) is 95.8 Å². The lowest BCUT2D eigenvalue weighted by Crippen LogP contribution is -2.23. The van der Waals surface area contributed by atoms with E-state index in [9.17, 15) is 18.8 Å². The second-order valence-electron chi connectivity index (χ2n) is 7.61. The minimum absolute atomic E-state index is 0.129. The van der Waals surface area contributed by atoms with Gasteiger partial charge in [-0.2, -0.15) is 0 Å². The molecule has 1 aliphatic rings. The third-order valence-corrected chi connectivity index (χ3v) is 5.18. The van der Waals surface area contributed by atoms with Crippen LogP contribution in [0.25, 0.3) is 6.08 Å². The molecule has 0 aromatic heterocycles. The van der Waals surface area contributed by atoms with E-state index >= 15 is 0 Å². The molecule has 0 radical (unpaired) electrons. The number of anilines is 3. The standard InChI is InChI=1S/C26H22FN3O3/c27-20-5-2-7-22(17-20)29-26(33)19-4-1-6-21(16-19)28-24(31)14-11-18-9-12-23(13-10-18)30-15-3-8-25(30)32/h1-2,4-7,9-14,16-17H,3,8,15H2,(H,28,31)(H,29,33). The number of amides is 3. The molecule has 0 atom stereocenters. The molecule has 0 saturated carbocycles. The molecule has 6 nitrogen and oxygen atoms in total. The summed E-state index contributed by atoms with van der Waals surface area (Å²) in [5, 5.41) is 5.35. The number of rotatable bonds is 6. The number of nitrogens with zero attached hydrogens (tertiary/aromatic N) is 1. The number of hydrogen-bond donors (Lipinski definition) is 2. The van der Waals surface area contributed by atoms with E-state index in [0.29, 0.717) is 23.4 Å². The zero-order chi connectivity index (χ0) is 23.2. The minimum atomic E-state index is -0.445. The van der Waals surface area contributed by atoms with Gasteiger partial charge in [-0.3, -0.25) is 14.4 Å². The zero-order valence-corrected chi connectivity index (χ0v) is 17.8. The molecule has 3 aromatic carbocycles.